The van der Waals surface area contributed by atoms with Gasteiger partial charge in [-0.3, -0.25) is 0 Å². The van der Waals surface area contributed by atoms with E-state index in [0.717, 1.165) is 0 Å². The van der Waals surface area contributed by atoms with Crippen LogP contribution >= 0.6 is 0 Å². The number of benzene rings is 2. The molecule has 2 aromatic carbocycles. The van der Waals surface area contributed by atoms with Gasteiger partial charge in [-0.25, -0.2) is 0 Å². The number of hydrogen-bond acceptors (Lipinski definition) is 0. The van der Waals surface area contributed by atoms with E-state index in [9.17, 15) is 0 Å². The Morgan fingerprint density at radius 3 is 1.90 bits per heavy atom. The van der Waals surface area contributed by atoms with Gasteiger partial charge in [-0.2, -0.15) is 0 Å². The smallest absolute Gasteiger partial charge is 0.0641 e. The van der Waals surface area contributed by atoms with Gasteiger partial charge in [0.05, 0.1) is 5.92 Å². The van der Waals surface area contributed by atoms with Crippen LogP contribution in [-0.4, -0.2) is 9.97 Å². The van der Waals surface area contributed by atoms with Crippen molar-refractivity contribution in [3.63, 3.8) is 0 Å². The molecule has 4 rings (SSSR count). The maximum atomic E-state index is 3.35. The fourth-order valence-corrected chi connectivity index (χ4v) is 2.96. The van der Waals surface area contributed by atoms with Crippen LogP contribution in [0, 0.1) is 0 Å². The molecule has 2 N–H and O–H groups in total. The predicted molar refractivity (Wildman–Crippen MR) is 86.5 cm³/mol. The molecular weight excluding hydrogens is 256 g/mol. The molecule has 0 unspecified atom stereocenters. The number of rotatable bonds is 3. The molecule has 102 valence electrons. The number of aromatic amines is 2. The lowest BCUT2D eigenvalue weighted by molar-refractivity contribution is 0.899. The number of hydrogen-bond donors (Lipinski definition) is 2. The van der Waals surface area contributed by atoms with Crippen molar-refractivity contribution in [1.29, 1.82) is 0 Å². The quantitative estimate of drug-likeness (QED) is 0.543. The second-order valence-corrected chi connectivity index (χ2v) is 5.29. The molecule has 2 aromatic heterocycles. The Kier molecular flexibility index (Phi) is 2.86. The molecule has 0 aliphatic heterocycles. The van der Waals surface area contributed by atoms with Crippen LogP contribution in [0.3, 0.4) is 0 Å². The minimum Gasteiger partial charge on any atom is -0.364 e. The molecule has 0 fully saturated rings. The van der Waals surface area contributed by atoms with Crippen LogP contribution in [0.4, 0.5) is 0 Å². The fourth-order valence-electron chi connectivity index (χ4n) is 2.96. The highest BCUT2D eigenvalue weighted by atomic mass is 14.7. The van der Waals surface area contributed by atoms with E-state index < -0.39 is 0 Å². The number of fused-ring (bicyclic) bond motifs is 1. The zero-order valence-corrected chi connectivity index (χ0v) is 11.6. The zero-order valence-electron chi connectivity index (χ0n) is 11.6. The van der Waals surface area contributed by atoms with Gasteiger partial charge >= 0.3 is 0 Å². The van der Waals surface area contributed by atoms with Crippen molar-refractivity contribution in [2.24, 2.45) is 0 Å². The highest BCUT2D eigenvalue weighted by Gasteiger charge is 2.18. The van der Waals surface area contributed by atoms with Crippen LogP contribution in [0.15, 0.2) is 79.1 Å². The second-order valence-electron chi connectivity index (χ2n) is 5.29. The highest BCUT2D eigenvalue weighted by Crippen LogP contribution is 2.31. The van der Waals surface area contributed by atoms with Crippen LogP contribution in [0.2, 0.25) is 0 Å². The van der Waals surface area contributed by atoms with Crippen molar-refractivity contribution in [1.82, 2.24) is 9.97 Å². The van der Waals surface area contributed by atoms with Gasteiger partial charge in [0.1, 0.15) is 0 Å². The summed E-state index contributed by atoms with van der Waals surface area (Å²) >= 11 is 0. The van der Waals surface area contributed by atoms with Crippen molar-refractivity contribution >= 4 is 10.8 Å². The molecular formula is C19H16N2. The second kappa shape index (κ2) is 4.98. The summed E-state index contributed by atoms with van der Waals surface area (Å²) in [5.74, 6) is 0.208. The normalized spacial score (nSPS) is 11.3. The predicted octanol–water partition coefficient (Wildman–Crippen LogP) is 4.68. The summed E-state index contributed by atoms with van der Waals surface area (Å²) in [5, 5.41) is 2.55. The van der Waals surface area contributed by atoms with Gasteiger partial charge in [-0.1, -0.05) is 42.5 Å². The zero-order chi connectivity index (χ0) is 14.1. The number of H-pyrrole nitrogens is 2. The molecule has 0 aliphatic rings. The molecule has 0 saturated carbocycles. The first-order chi connectivity index (χ1) is 10.4. The molecule has 21 heavy (non-hydrogen) atoms. The van der Waals surface area contributed by atoms with Crippen LogP contribution in [0.5, 0.6) is 0 Å². The standard InChI is InChI=1S/C19H16N2/c1-2-6-15-13-16(10-9-14(15)5-1)19(17-7-3-11-20-17)18-8-4-12-21-18/h1-13,19-21H. The van der Waals surface area contributed by atoms with E-state index in [4.69, 9.17) is 0 Å². The van der Waals surface area contributed by atoms with Crippen LogP contribution in [-0.2, 0) is 0 Å². The van der Waals surface area contributed by atoms with Gasteiger partial charge < -0.3 is 9.97 Å². The summed E-state index contributed by atoms with van der Waals surface area (Å²) in [6.45, 7) is 0. The average molecular weight is 272 g/mol. The molecule has 0 aliphatic carbocycles. The van der Waals surface area contributed by atoms with Gasteiger partial charge in [0.15, 0.2) is 0 Å². The summed E-state index contributed by atoms with van der Waals surface area (Å²) in [6, 6.07) is 23.6. The van der Waals surface area contributed by atoms with E-state index >= 15 is 0 Å². The SMILES string of the molecule is c1c[nH]c(C(c2ccc3ccccc3c2)c2ccc[nH]2)c1. The lowest BCUT2D eigenvalue weighted by Gasteiger charge is -2.16. The van der Waals surface area contributed by atoms with E-state index in [0.29, 0.717) is 0 Å². The first-order valence-electron chi connectivity index (χ1n) is 7.17. The molecule has 0 radical (unpaired) electrons. The maximum Gasteiger partial charge on any atom is 0.0641 e. The lowest BCUT2D eigenvalue weighted by atomic mass is 9.91. The van der Waals surface area contributed by atoms with Gasteiger partial charge in [0.2, 0.25) is 0 Å². The molecule has 0 spiro atoms. The van der Waals surface area contributed by atoms with Gasteiger partial charge in [0.25, 0.3) is 0 Å². The Bertz CT molecular complexity index is 808. The van der Waals surface area contributed by atoms with Gasteiger partial charge in [-0.05, 0) is 40.6 Å². The Hall–Kier alpha value is -2.74. The minimum atomic E-state index is 0.208. The Morgan fingerprint density at radius 1 is 0.619 bits per heavy atom. The van der Waals surface area contributed by atoms with E-state index in [1.54, 1.807) is 0 Å². The topological polar surface area (TPSA) is 31.6 Å². The van der Waals surface area contributed by atoms with E-state index in [-0.39, 0.29) is 5.92 Å². The summed E-state index contributed by atoms with van der Waals surface area (Å²) in [6.07, 6.45) is 3.96. The molecule has 0 bridgehead atoms. The van der Waals surface area contributed by atoms with Crippen molar-refractivity contribution < 1.29 is 0 Å². The van der Waals surface area contributed by atoms with Crippen LogP contribution in [0.25, 0.3) is 10.8 Å². The van der Waals surface area contributed by atoms with Gasteiger partial charge in [-0.15, -0.1) is 0 Å². The molecule has 4 aromatic rings. The first-order valence-corrected chi connectivity index (χ1v) is 7.17. The summed E-state index contributed by atoms with van der Waals surface area (Å²) in [7, 11) is 0. The largest absolute Gasteiger partial charge is 0.364 e. The molecule has 0 saturated heterocycles. The molecule has 2 heterocycles. The number of aromatic nitrogens is 2. The Morgan fingerprint density at radius 2 is 1.29 bits per heavy atom. The third kappa shape index (κ3) is 2.15. The van der Waals surface area contributed by atoms with Crippen LogP contribution < -0.4 is 0 Å². The van der Waals surface area contributed by atoms with E-state index in [1.807, 2.05) is 24.5 Å². The first kappa shape index (κ1) is 12.0. The van der Waals surface area contributed by atoms with Crippen molar-refractivity contribution in [2.45, 2.75) is 5.92 Å². The lowest BCUT2D eigenvalue weighted by Crippen LogP contribution is -2.04. The number of nitrogens with one attached hydrogen (secondary N) is 2. The monoisotopic (exact) mass is 272 g/mol. The third-order valence-electron chi connectivity index (χ3n) is 3.97. The third-order valence-corrected chi connectivity index (χ3v) is 3.97. The minimum absolute atomic E-state index is 0.208. The van der Waals surface area contributed by atoms with E-state index in [1.165, 1.54) is 27.7 Å². The summed E-state index contributed by atoms with van der Waals surface area (Å²) in [4.78, 5) is 6.70. The molecule has 0 amide bonds. The fraction of sp³-hybridized carbons (Fsp3) is 0.0526. The molecule has 2 nitrogen and oxygen atoms in total. The summed E-state index contributed by atoms with van der Waals surface area (Å²) < 4.78 is 0. The molecule has 0 atom stereocenters. The van der Waals surface area contributed by atoms with Crippen LogP contribution in [0.1, 0.15) is 22.9 Å². The molecule has 2 heteroatoms. The van der Waals surface area contributed by atoms with Crippen molar-refractivity contribution in [3.8, 4) is 0 Å². The van der Waals surface area contributed by atoms with Crippen molar-refractivity contribution in [3.05, 3.63) is 96.1 Å². The average Bonchev–Trinajstić information content (AvgIpc) is 3.21. The Balaban J connectivity index is 1.89. The van der Waals surface area contributed by atoms with E-state index in [2.05, 4.69) is 64.6 Å². The Labute approximate surface area is 123 Å². The van der Waals surface area contributed by atoms with Gasteiger partial charge in [0, 0.05) is 23.8 Å². The maximum absolute atomic E-state index is 3.35. The van der Waals surface area contributed by atoms with Crippen molar-refractivity contribution in [2.75, 3.05) is 0 Å². The summed E-state index contributed by atoms with van der Waals surface area (Å²) in [5.41, 5.74) is 3.69. The highest BCUT2D eigenvalue weighted by molar-refractivity contribution is 5.83.